The Morgan fingerprint density at radius 1 is 0.882 bits per heavy atom. The summed E-state index contributed by atoms with van der Waals surface area (Å²) in [7, 11) is 0. The molecule has 2 aromatic rings. The summed E-state index contributed by atoms with van der Waals surface area (Å²) in [6.45, 7) is 4.26. The zero-order valence-electron chi connectivity index (χ0n) is 20.4. The van der Waals surface area contributed by atoms with Crippen LogP contribution in [0, 0.1) is 0 Å². The SMILES string of the molecule is CCOC(=O)c1cn(C2CCCCC2)nc1N.CCOC(=O)c1cnn(C2CCCCC2)c1N. The van der Waals surface area contributed by atoms with E-state index in [9.17, 15) is 9.59 Å². The molecule has 10 heteroatoms. The van der Waals surface area contributed by atoms with Crippen molar-refractivity contribution >= 4 is 23.6 Å². The van der Waals surface area contributed by atoms with Gasteiger partial charge in [-0.3, -0.25) is 4.68 Å². The molecule has 0 aliphatic heterocycles. The van der Waals surface area contributed by atoms with Crippen LogP contribution in [0.4, 0.5) is 11.6 Å². The third-order valence-electron chi connectivity index (χ3n) is 6.45. The molecule has 0 unspecified atom stereocenters. The van der Waals surface area contributed by atoms with Gasteiger partial charge in [0.1, 0.15) is 16.9 Å². The largest absolute Gasteiger partial charge is 0.462 e. The number of aromatic nitrogens is 4. The number of nitrogens with two attached hydrogens (primary N) is 2. The van der Waals surface area contributed by atoms with Crippen LogP contribution in [0.5, 0.6) is 0 Å². The van der Waals surface area contributed by atoms with Crippen LogP contribution in [-0.4, -0.2) is 44.7 Å². The quantitative estimate of drug-likeness (QED) is 0.591. The minimum Gasteiger partial charge on any atom is -0.462 e. The fraction of sp³-hybridized carbons (Fsp3) is 0.667. The summed E-state index contributed by atoms with van der Waals surface area (Å²) in [5.74, 6) is -0.0523. The first-order valence-corrected chi connectivity index (χ1v) is 12.5. The number of hydrogen-bond donors (Lipinski definition) is 2. The molecule has 4 N–H and O–H groups in total. The molecule has 0 bridgehead atoms. The Kier molecular flexibility index (Phi) is 9.35. The summed E-state index contributed by atoms with van der Waals surface area (Å²) in [5, 5.41) is 8.46. The van der Waals surface area contributed by atoms with Crippen molar-refractivity contribution in [1.82, 2.24) is 19.6 Å². The maximum absolute atomic E-state index is 11.6. The molecule has 2 heterocycles. The first-order chi connectivity index (χ1) is 16.5. The zero-order chi connectivity index (χ0) is 24.5. The smallest absolute Gasteiger partial charge is 0.343 e. The van der Waals surface area contributed by atoms with Gasteiger partial charge in [-0.1, -0.05) is 38.5 Å². The molecule has 0 saturated heterocycles. The van der Waals surface area contributed by atoms with Crippen molar-refractivity contribution in [2.45, 2.75) is 90.1 Å². The molecule has 0 aromatic carbocycles. The number of hydrogen-bond acceptors (Lipinski definition) is 8. The van der Waals surface area contributed by atoms with E-state index in [0.29, 0.717) is 42.2 Å². The highest BCUT2D eigenvalue weighted by atomic mass is 16.5. The number of rotatable bonds is 6. The Labute approximate surface area is 200 Å². The average Bonchev–Trinajstić information content (AvgIpc) is 3.44. The van der Waals surface area contributed by atoms with Gasteiger partial charge in [0.05, 0.1) is 31.5 Å². The minimum absolute atomic E-state index is 0.272. The van der Waals surface area contributed by atoms with Gasteiger partial charge in [-0.05, 0) is 39.5 Å². The molecular weight excluding hydrogens is 436 g/mol. The third kappa shape index (κ3) is 6.30. The van der Waals surface area contributed by atoms with E-state index in [-0.39, 0.29) is 17.8 Å². The van der Waals surface area contributed by atoms with Crippen molar-refractivity contribution in [2.24, 2.45) is 0 Å². The monoisotopic (exact) mass is 474 g/mol. The van der Waals surface area contributed by atoms with E-state index in [1.54, 1.807) is 24.7 Å². The van der Waals surface area contributed by atoms with E-state index in [1.807, 2.05) is 4.68 Å². The molecule has 34 heavy (non-hydrogen) atoms. The van der Waals surface area contributed by atoms with E-state index in [1.165, 1.54) is 44.7 Å². The molecule has 4 rings (SSSR count). The number of ether oxygens (including phenoxy) is 2. The van der Waals surface area contributed by atoms with Gasteiger partial charge >= 0.3 is 11.9 Å². The highest BCUT2D eigenvalue weighted by molar-refractivity contribution is 5.94. The molecule has 2 aromatic heterocycles. The standard InChI is InChI=1S/2C12H19N3O2/c1-2-17-12(16)10-8-15(14-11(10)13)9-6-4-3-5-7-9;1-2-17-12(16)10-8-14-15(11(10)13)9-6-4-3-5-7-9/h8-9H,2-7H2,1H3,(H2,13,14);8-9H,2-7,13H2,1H3. The van der Waals surface area contributed by atoms with Gasteiger partial charge in [-0.15, -0.1) is 0 Å². The van der Waals surface area contributed by atoms with Gasteiger partial charge in [0, 0.05) is 6.20 Å². The first-order valence-electron chi connectivity index (χ1n) is 12.5. The number of esters is 2. The number of nitrogen functional groups attached to an aromatic ring is 2. The van der Waals surface area contributed by atoms with E-state index in [4.69, 9.17) is 20.9 Å². The fourth-order valence-electron chi connectivity index (χ4n) is 4.66. The summed E-state index contributed by atoms with van der Waals surface area (Å²) in [5.41, 5.74) is 12.5. The van der Waals surface area contributed by atoms with Gasteiger partial charge in [0.25, 0.3) is 0 Å². The van der Waals surface area contributed by atoms with E-state index >= 15 is 0 Å². The highest BCUT2D eigenvalue weighted by Crippen LogP contribution is 2.31. The van der Waals surface area contributed by atoms with Crippen LogP contribution < -0.4 is 11.5 Å². The summed E-state index contributed by atoms with van der Waals surface area (Å²) in [4.78, 5) is 23.2. The van der Waals surface area contributed by atoms with Crippen LogP contribution in [0.15, 0.2) is 12.4 Å². The van der Waals surface area contributed by atoms with Gasteiger partial charge in [0.15, 0.2) is 5.82 Å². The second-order valence-corrected chi connectivity index (χ2v) is 8.82. The second-order valence-electron chi connectivity index (χ2n) is 8.82. The third-order valence-corrected chi connectivity index (χ3v) is 6.45. The highest BCUT2D eigenvalue weighted by Gasteiger charge is 2.23. The van der Waals surface area contributed by atoms with Crippen LogP contribution in [-0.2, 0) is 9.47 Å². The van der Waals surface area contributed by atoms with Crippen molar-refractivity contribution in [3.05, 3.63) is 23.5 Å². The number of anilines is 2. The Morgan fingerprint density at radius 3 is 1.97 bits per heavy atom. The molecule has 0 amide bonds. The molecule has 0 radical (unpaired) electrons. The molecule has 2 aliphatic carbocycles. The Bertz CT molecular complexity index is 925. The molecule has 2 fully saturated rings. The lowest BCUT2D eigenvalue weighted by Crippen LogP contribution is -2.17. The second kappa shape index (κ2) is 12.4. The molecule has 0 spiro atoms. The van der Waals surface area contributed by atoms with E-state index in [0.717, 1.165) is 25.7 Å². The van der Waals surface area contributed by atoms with Crippen molar-refractivity contribution in [1.29, 1.82) is 0 Å². The van der Waals surface area contributed by atoms with Crippen molar-refractivity contribution in [3.8, 4) is 0 Å². The summed E-state index contributed by atoms with van der Waals surface area (Å²) in [6.07, 6.45) is 15.1. The lowest BCUT2D eigenvalue weighted by molar-refractivity contribution is 0.0517. The van der Waals surface area contributed by atoms with E-state index < -0.39 is 0 Å². The zero-order valence-corrected chi connectivity index (χ0v) is 20.4. The topological polar surface area (TPSA) is 140 Å². The lowest BCUT2D eigenvalue weighted by atomic mass is 9.96. The summed E-state index contributed by atoms with van der Waals surface area (Å²) in [6, 6.07) is 0.723. The van der Waals surface area contributed by atoms with Gasteiger partial charge in [-0.2, -0.15) is 10.2 Å². The Morgan fingerprint density at radius 2 is 1.41 bits per heavy atom. The molecule has 2 saturated carbocycles. The molecule has 2 aliphatic rings. The minimum atomic E-state index is -0.382. The van der Waals surface area contributed by atoms with Crippen LogP contribution >= 0.6 is 0 Å². The lowest BCUT2D eigenvalue weighted by Gasteiger charge is -2.22. The van der Waals surface area contributed by atoms with Crippen molar-refractivity contribution in [2.75, 3.05) is 24.7 Å². The fourth-order valence-corrected chi connectivity index (χ4v) is 4.66. The van der Waals surface area contributed by atoms with E-state index in [2.05, 4.69) is 10.2 Å². The maximum Gasteiger partial charge on any atom is 0.343 e. The Balaban J connectivity index is 0.000000191. The number of nitrogens with zero attached hydrogens (tertiary/aromatic N) is 4. The number of carbonyl (C=O) groups excluding carboxylic acids is 2. The normalized spacial score (nSPS) is 17.0. The van der Waals surface area contributed by atoms with Crippen LogP contribution in [0.2, 0.25) is 0 Å². The average molecular weight is 475 g/mol. The van der Waals surface area contributed by atoms with Crippen molar-refractivity contribution in [3.63, 3.8) is 0 Å². The van der Waals surface area contributed by atoms with Crippen molar-refractivity contribution < 1.29 is 19.1 Å². The van der Waals surface area contributed by atoms with Gasteiger partial charge in [0.2, 0.25) is 0 Å². The number of carbonyl (C=O) groups is 2. The predicted octanol–water partition coefficient (Wildman–Crippen LogP) is 4.29. The summed E-state index contributed by atoms with van der Waals surface area (Å²) >= 11 is 0. The van der Waals surface area contributed by atoms with Gasteiger partial charge < -0.3 is 20.9 Å². The van der Waals surface area contributed by atoms with Gasteiger partial charge in [-0.25, -0.2) is 14.3 Å². The molecule has 10 nitrogen and oxygen atoms in total. The van der Waals surface area contributed by atoms with Crippen LogP contribution in [0.3, 0.4) is 0 Å². The van der Waals surface area contributed by atoms with Crippen LogP contribution in [0.1, 0.15) is 111 Å². The first kappa shape index (κ1) is 25.6. The predicted molar refractivity (Wildman–Crippen MR) is 129 cm³/mol. The molecular formula is C24H38N6O4. The van der Waals surface area contributed by atoms with Crippen LogP contribution in [0.25, 0.3) is 0 Å². The summed E-state index contributed by atoms with van der Waals surface area (Å²) < 4.78 is 13.5. The Hall–Kier alpha value is -3.04. The molecule has 188 valence electrons. The molecule has 0 atom stereocenters. The maximum atomic E-state index is 11.6.